The molecule has 1 saturated heterocycles. The number of rotatable bonds is 4. The molecule has 2 aromatic rings. The Morgan fingerprint density at radius 1 is 1.30 bits per heavy atom. The van der Waals surface area contributed by atoms with Gasteiger partial charge in [-0.05, 0) is 24.3 Å². The highest BCUT2D eigenvalue weighted by atomic mass is 32.2. The van der Waals surface area contributed by atoms with Gasteiger partial charge in [0.2, 0.25) is 10.0 Å². The van der Waals surface area contributed by atoms with Crippen LogP contribution in [0.25, 0.3) is 0 Å². The number of aromatic nitrogens is 3. The molecule has 0 radical (unpaired) electrons. The van der Waals surface area contributed by atoms with Crippen molar-refractivity contribution in [2.45, 2.75) is 23.8 Å². The topological polar surface area (TPSA) is 94.4 Å². The molecule has 0 N–H and O–H groups in total. The van der Waals surface area contributed by atoms with E-state index in [2.05, 4.69) is 14.9 Å². The van der Waals surface area contributed by atoms with Crippen LogP contribution in [0, 0.1) is 0 Å². The van der Waals surface area contributed by atoms with Crippen molar-refractivity contribution in [2.75, 3.05) is 20.2 Å². The van der Waals surface area contributed by atoms with E-state index in [0.717, 1.165) is 11.3 Å². The second kappa shape index (κ2) is 6.38. The van der Waals surface area contributed by atoms with Crippen LogP contribution in [0.3, 0.4) is 0 Å². The molecule has 1 aliphatic rings. The number of sulfonamides is 1. The minimum absolute atomic E-state index is 0.0185. The average molecular weight is 356 g/mol. The maximum atomic E-state index is 12.8. The van der Waals surface area contributed by atoms with Crippen molar-refractivity contribution in [1.82, 2.24) is 19.3 Å². The molecule has 0 amide bonds. The number of carbonyl (C=O) groups excluding carboxylic acids is 1. The van der Waals surface area contributed by atoms with Gasteiger partial charge in [0.25, 0.3) is 0 Å². The van der Waals surface area contributed by atoms with E-state index in [9.17, 15) is 13.2 Å². The van der Waals surface area contributed by atoms with Crippen molar-refractivity contribution < 1.29 is 17.9 Å². The number of hydrogen-bond donors (Lipinski definition) is 0. The largest absolute Gasteiger partial charge is 0.465 e. The van der Waals surface area contributed by atoms with E-state index >= 15 is 0 Å². The maximum Gasteiger partial charge on any atom is 0.349 e. The van der Waals surface area contributed by atoms with E-state index in [0.29, 0.717) is 25.9 Å². The van der Waals surface area contributed by atoms with Crippen LogP contribution in [0.1, 0.15) is 28.6 Å². The van der Waals surface area contributed by atoms with Crippen LogP contribution in [-0.2, 0) is 14.8 Å². The van der Waals surface area contributed by atoms with Crippen molar-refractivity contribution >= 4 is 27.3 Å². The van der Waals surface area contributed by atoms with Crippen LogP contribution in [0.2, 0.25) is 0 Å². The summed E-state index contributed by atoms with van der Waals surface area (Å²) >= 11 is 1.07. The molecule has 23 heavy (non-hydrogen) atoms. The molecule has 10 heteroatoms. The number of thiophene rings is 1. The highest BCUT2D eigenvalue weighted by Crippen LogP contribution is 2.30. The van der Waals surface area contributed by atoms with Crippen LogP contribution in [0.15, 0.2) is 28.7 Å². The third kappa shape index (κ3) is 3.01. The fraction of sp³-hybridized carbons (Fsp3) is 0.462. The quantitative estimate of drug-likeness (QED) is 0.763. The Morgan fingerprint density at radius 2 is 1.96 bits per heavy atom. The summed E-state index contributed by atoms with van der Waals surface area (Å²) < 4.78 is 31.6. The monoisotopic (exact) mass is 356 g/mol. The molecule has 0 atom stereocenters. The second-order valence-electron chi connectivity index (χ2n) is 5.09. The van der Waals surface area contributed by atoms with Gasteiger partial charge in [-0.3, -0.25) is 0 Å². The molecule has 0 bridgehead atoms. The summed E-state index contributed by atoms with van der Waals surface area (Å²) in [7, 11) is -2.47. The third-order valence-corrected chi connectivity index (χ3v) is 6.77. The third-order valence-electron chi connectivity index (χ3n) is 3.80. The van der Waals surface area contributed by atoms with E-state index in [1.807, 2.05) is 0 Å². The van der Waals surface area contributed by atoms with Crippen molar-refractivity contribution in [3.63, 3.8) is 0 Å². The molecular formula is C13H16N4O4S2. The van der Waals surface area contributed by atoms with Gasteiger partial charge < -0.3 is 4.74 Å². The lowest BCUT2D eigenvalue weighted by Crippen LogP contribution is -2.39. The number of ether oxygens (including phenoxy) is 1. The molecule has 3 rings (SSSR count). The summed E-state index contributed by atoms with van der Waals surface area (Å²) in [5.74, 6) is -0.630. The zero-order valence-corrected chi connectivity index (χ0v) is 14.1. The molecule has 1 fully saturated rings. The van der Waals surface area contributed by atoms with E-state index in [1.54, 1.807) is 22.6 Å². The molecular weight excluding hydrogens is 340 g/mol. The zero-order valence-electron chi connectivity index (χ0n) is 12.5. The molecule has 0 aromatic carbocycles. The van der Waals surface area contributed by atoms with Crippen LogP contribution in [0.4, 0.5) is 0 Å². The van der Waals surface area contributed by atoms with Crippen LogP contribution < -0.4 is 0 Å². The zero-order chi connectivity index (χ0) is 16.4. The Labute approximate surface area is 137 Å². The standard InChI is InChI=1S/C13H16N4O4S2/c1-21-13(18)12-11(4-9-22-12)23(19,20)16-7-2-10(3-8-16)17-14-5-6-15-17/h4-6,9-10H,2-3,7-8H2,1H3. The van der Waals surface area contributed by atoms with Gasteiger partial charge in [0.05, 0.1) is 25.5 Å². The molecule has 124 valence electrons. The van der Waals surface area contributed by atoms with Gasteiger partial charge in [0.15, 0.2) is 0 Å². The Kier molecular flexibility index (Phi) is 4.46. The van der Waals surface area contributed by atoms with E-state index < -0.39 is 16.0 Å². The number of hydrogen-bond acceptors (Lipinski definition) is 7. The summed E-state index contributed by atoms with van der Waals surface area (Å²) in [6.07, 6.45) is 4.48. The lowest BCUT2D eigenvalue weighted by Gasteiger charge is -2.30. The maximum absolute atomic E-state index is 12.8. The van der Waals surface area contributed by atoms with Gasteiger partial charge in [-0.1, -0.05) is 0 Å². The van der Waals surface area contributed by atoms with Crippen molar-refractivity contribution in [1.29, 1.82) is 0 Å². The molecule has 1 aliphatic heterocycles. The predicted molar refractivity (Wildman–Crippen MR) is 82.7 cm³/mol. The SMILES string of the molecule is COC(=O)c1sccc1S(=O)(=O)N1CCC(n2nccn2)CC1. The number of nitrogens with zero attached hydrogens (tertiary/aromatic N) is 4. The highest BCUT2D eigenvalue weighted by Gasteiger charge is 2.34. The van der Waals surface area contributed by atoms with Gasteiger partial charge in [0, 0.05) is 13.1 Å². The molecule has 8 nitrogen and oxygen atoms in total. The Balaban J connectivity index is 1.77. The fourth-order valence-electron chi connectivity index (χ4n) is 2.61. The summed E-state index contributed by atoms with van der Waals surface area (Å²) in [5, 5.41) is 9.79. The molecule has 2 aromatic heterocycles. The molecule has 0 unspecified atom stereocenters. The van der Waals surface area contributed by atoms with Gasteiger partial charge in [0.1, 0.15) is 9.77 Å². The first-order valence-electron chi connectivity index (χ1n) is 7.06. The summed E-state index contributed by atoms with van der Waals surface area (Å²) in [6.45, 7) is 0.732. The minimum Gasteiger partial charge on any atom is -0.465 e. The van der Waals surface area contributed by atoms with Crippen LogP contribution >= 0.6 is 11.3 Å². The molecule has 0 saturated carbocycles. The number of piperidine rings is 1. The average Bonchev–Trinajstić information content (AvgIpc) is 3.25. The first-order chi connectivity index (χ1) is 11.0. The fourth-order valence-corrected chi connectivity index (χ4v) is 5.39. The number of esters is 1. The van der Waals surface area contributed by atoms with Gasteiger partial charge in [-0.25, -0.2) is 13.2 Å². The van der Waals surface area contributed by atoms with Crippen molar-refractivity contribution in [2.24, 2.45) is 0 Å². The number of methoxy groups -OCH3 is 1. The number of carbonyl (C=O) groups is 1. The normalized spacial score (nSPS) is 17.3. The second-order valence-corrected chi connectivity index (χ2v) is 7.91. The van der Waals surface area contributed by atoms with E-state index in [1.165, 1.54) is 17.5 Å². The van der Waals surface area contributed by atoms with Crippen LogP contribution in [0.5, 0.6) is 0 Å². The summed E-state index contributed by atoms with van der Waals surface area (Å²) in [5.41, 5.74) is 0. The Morgan fingerprint density at radius 3 is 2.57 bits per heavy atom. The summed E-state index contributed by atoms with van der Waals surface area (Å²) in [6, 6.07) is 1.55. The van der Waals surface area contributed by atoms with Crippen molar-refractivity contribution in [3.05, 3.63) is 28.7 Å². The smallest absolute Gasteiger partial charge is 0.349 e. The minimum atomic E-state index is -3.70. The van der Waals surface area contributed by atoms with E-state index in [-0.39, 0.29) is 15.8 Å². The molecule has 0 spiro atoms. The van der Waals surface area contributed by atoms with Crippen LogP contribution in [-0.4, -0.2) is 53.9 Å². The lowest BCUT2D eigenvalue weighted by atomic mass is 10.1. The van der Waals surface area contributed by atoms with Gasteiger partial charge >= 0.3 is 5.97 Å². The first-order valence-corrected chi connectivity index (χ1v) is 9.37. The Hall–Kier alpha value is -1.78. The van der Waals surface area contributed by atoms with Crippen molar-refractivity contribution in [3.8, 4) is 0 Å². The van der Waals surface area contributed by atoms with E-state index in [4.69, 9.17) is 0 Å². The summed E-state index contributed by atoms with van der Waals surface area (Å²) in [4.78, 5) is 13.5. The first kappa shape index (κ1) is 16.1. The van der Waals surface area contributed by atoms with Gasteiger partial charge in [-0.15, -0.1) is 11.3 Å². The predicted octanol–water partition coefficient (Wildman–Crippen LogP) is 1.15. The molecule has 3 heterocycles. The lowest BCUT2D eigenvalue weighted by molar-refractivity contribution is 0.0602. The molecule has 0 aliphatic carbocycles. The van der Waals surface area contributed by atoms with Gasteiger partial charge in [-0.2, -0.15) is 19.3 Å². The Bertz CT molecular complexity index is 777. The highest BCUT2D eigenvalue weighted by molar-refractivity contribution is 7.89.